The molecule has 0 radical (unpaired) electrons. The molecule has 2 nitrogen and oxygen atoms in total. The minimum atomic E-state index is 0.509. The van der Waals surface area contributed by atoms with Gasteiger partial charge in [-0.1, -0.05) is 30.3 Å². The Morgan fingerprint density at radius 3 is 3.09 bits per heavy atom. The second kappa shape index (κ2) is 2.80. The summed E-state index contributed by atoms with van der Waals surface area (Å²) in [6.45, 7) is 0. The lowest BCUT2D eigenvalue weighted by Gasteiger charge is -2.02. The van der Waals surface area contributed by atoms with E-state index in [-0.39, 0.29) is 0 Å². The molecule has 1 aliphatic rings. The predicted octanol–water partition coefficient (Wildman–Crippen LogP) is 1.33. The molecule has 2 rings (SSSR count). The second-order valence-electron chi connectivity index (χ2n) is 2.31. The van der Waals surface area contributed by atoms with Gasteiger partial charge in [0.25, 0.3) is 0 Å². The summed E-state index contributed by atoms with van der Waals surface area (Å²) < 4.78 is 0. The monoisotopic (exact) mass is 146 g/mol. The normalized spacial score (nSPS) is 14.2. The van der Waals surface area contributed by atoms with Gasteiger partial charge >= 0.3 is 7.48 Å². The number of rotatable bonds is 0. The molecule has 1 aromatic rings. The van der Waals surface area contributed by atoms with Crippen molar-refractivity contribution in [1.82, 2.24) is 0 Å². The first-order chi connectivity index (χ1) is 5.47. The third kappa shape index (κ3) is 1.28. The van der Waals surface area contributed by atoms with Crippen LogP contribution in [0.15, 0.2) is 30.2 Å². The Hall–Kier alpha value is -1.22. The van der Waals surface area contributed by atoms with E-state index in [1.165, 1.54) is 0 Å². The van der Waals surface area contributed by atoms with Crippen LogP contribution >= 0.6 is 0 Å². The number of hydrogen-bond donors (Lipinski definition) is 0. The molecular weight excluding hydrogens is 139 g/mol. The standard InChI is InChI=1S/C8H7BO2/c1-2-4-8-7(3-1)5-6-9-11-10-8/h1-6,9H. The highest BCUT2D eigenvalue weighted by Crippen LogP contribution is 2.20. The number of fused-ring (bicyclic) bond motifs is 1. The molecule has 0 aromatic heterocycles. The fourth-order valence-corrected chi connectivity index (χ4v) is 1.01. The molecule has 0 unspecified atom stereocenters. The van der Waals surface area contributed by atoms with Gasteiger partial charge in [0, 0.05) is 5.56 Å². The van der Waals surface area contributed by atoms with Crippen molar-refractivity contribution >= 4 is 13.6 Å². The van der Waals surface area contributed by atoms with Crippen molar-refractivity contribution in [3.05, 3.63) is 35.8 Å². The van der Waals surface area contributed by atoms with Crippen molar-refractivity contribution in [2.24, 2.45) is 0 Å². The first-order valence-electron chi connectivity index (χ1n) is 3.52. The fourth-order valence-electron chi connectivity index (χ4n) is 1.01. The third-order valence-electron chi connectivity index (χ3n) is 1.53. The van der Waals surface area contributed by atoms with Crippen molar-refractivity contribution in [2.45, 2.75) is 0 Å². The minimum absolute atomic E-state index is 0.509. The van der Waals surface area contributed by atoms with Gasteiger partial charge in [-0.05, 0) is 6.07 Å². The fraction of sp³-hybridized carbons (Fsp3) is 0. The molecule has 0 atom stereocenters. The van der Waals surface area contributed by atoms with Crippen LogP contribution < -0.4 is 4.89 Å². The van der Waals surface area contributed by atoms with Crippen LogP contribution in [0.3, 0.4) is 0 Å². The minimum Gasteiger partial charge on any atom is -0.353 e. The van der Waals surface area contributed by atoms with Crippen molar-refractivity contribution in [1.29, 1.82) is 0 Å². The van der Waals surface area contributed by atoms with E-state index in [9.17, 15) is 0 Å². The van der Waals surface area contributed by atoms with Crippen LogP contribution in [0.5, 0.6) is 5.75 Å². The van der Waals surface area contributed by atoms with Crippen molar-refractivity contribution in [2.75, 3.05) is 0 Å². The van der Waals surface area contributed by atoms with Crippen LogP contribution in [-0.4, -0.2) is 7.48 Å². The molecule has 0 aliphatic carbocycles. The predicted molar refractivity (Wildman–Crippen MR) is 44.3 cm³/mol. The third-order valence-corrected chi connectivity index (χ3v) is 1.53. The van der Waals surface area contributed by atoms with E-state index in [0.29, 0.717) is 7.48 Å². The van der Waals surface area contributed by atoms with E-state index in [4.69, 9.17) is 9.69 Å². The van der Waals surface area contributed by atoms with Crippen molar-refractivity contribution < 1.29 is 9.69 Å². The second-order valence-corrected chi connectivity index (χ2v) is 2.31. The summed E-state index contributed by atoms with van der Waals surface area (Å²) in [5.74, 6) is 2.70. The van der Waals surface area contributed by atoms with E-state index >= 15 is 0 Å². The Labute approximate surface area is 65.6 Å². The molecule has 0 amide bonds. The zero-order valence-electron chi connectivity index (χ0n) is 5.99. The van der Waals surface area contributed by atoms with Gasteiger partial charge in [-0.15, -0.1) is 0 Å². The van der Waals surface area contributed by atoms with Crippen LogP contribution in [0.25, 0.3) is 6.08 Å². The highest BCUT2D eigenvalue weighted by Gasteiger charge is 2.03. The zero-order chi connectivity index (χ0) is 7.52. The Kier molecular flexibility index (Phi) is 1.65. The first kappa shape index (κ1) is 6.49. The molecule has 0 fully saturated rings. The summed E-state index contributed by atoms with van der Waals surface area (Å²) in [6.07, 6.45) is 1.99. The lowest BCUT2D eigenvalue weighted by atomic mass is 10.0. The molecule has 1 aromatic carbocycles. The smallest absolute Gasteiger partial charge is 0.353 e. The molecule has 0 N–H and O–H groups in total. The Morgan fingerprint density at radius 1 is 1.18 bits per heavy atom. The Morgan fingerprint density at radius 2 is 2.09 bits per heavy atom. The number of hydrogen-bond acceptors (Lipinski definition) is 2. The highest BCUT2D eigenvalue weighted by molar-refractivity contribution is 6.35. The Bertz CT molecular complexity index is 283. The molecule has 0 bridgehead atoms. The molecule has 0 saturated heterocycles. The van der Waals surface area contributed by atoms with Gasteiger partial charge in [-0.25, -0.2) is 0 Å². The molecule has 54 valence electrons. The van der Waals surface area contributed by atoms with Crippen LogP contribution in [0.2, 0.25) is 0 Å². The number of para-hydroxylation sites is 1. The SMILES string of the molecule is B1C=Cc2ccccc2OO1. The van der Waals surface area contributed by atoms with E-state index in [1.54, 1.807) is 0 Å². The molecule has 0 saturated carbocycles. The maximum absolute atomic E-state index is 4.99. The summed E-state index contributed by atoms with van der Waals surface area (Å²) in [6, 6.07) is 7.75. The van der Waals surface area contributed by atoms with Gasteiger partial charge in [0.2, 0.25) is 0 Å². The lowest BCUT2D eigenvalue weighted by Crippen LogP contribution is -1.98. The van der Waals surface area contributed by atoms with E-state index in [2.05, 4.69) is 0 Å². The van der Waals surface area contributed by atoms with Crippen LogP contribution in [0, 0.1) is 0 Å². The van der Waals surface area contributed by atoms with Gasteiger partial charge < -0.3 is 4.89 Å². The molecular formula is C8H7BO2. The molecule has 11 heavy (non-hydrogen) atoms. The lowest BCUT2D eigenvalue weighted by molar-refractivity contribution is -0.0969. The summed E-state index contributed by atoms with van der Waals surface area (Å²) in [4.78, 5) is 9.82. The Balaban J connectivity index is 2.45. The molecule has 1 heterocycles. The number of benzene rings is 1. The van der Waals surface area contributed by atoms with Gasteiger partial charge in [-0.2, -0.15) is 0 Å². The average Bonchev–Trinajstić information content (AvgIpc) is 2.28. The molecule has 1 aliphatic heterocycles. The summed E-state index contributed by atoms with van der Waals surface area (Å²) in [7, 11) is 0.509. The van der Waals surface area contributed by atoms with Gasteiger partial charge in [-0.3, -0.25) is 4.81 Å². The zero-order valence-corrected chi connectivity index (χ0v) is 5.99. The van der Waals surface area contributed by atoms with E-state index in [0.717, 1.165) is 11.3 Å². The van der Waals surface area contributed by atoms with Gasteiger partial charge in [0.1, 0.15) is 0 Å². The topological polar surface area (TPSA) is 18.5 Å². The largest absolute Gasteiger partial charge is 0.364 e. The maximum Gasteiger partial charge on any atom is 0.364 e. The molecule has 0 spiro atoms. The maximum atomic E-state index is 4.99. The van der Waals surface area contributed by atoms with Crippen LogP contribution in [-0.2, 0) is 4.81 Å². The van der Waals surface area contributed by atoms with E-state index < -0.39 is 0 Å². The van der Waals surface area contributed by atoms with Crippen molar-refractivity contribution in [3.63, 3.8) is 0 Å². The van der Waals surface area contributed by atoms with E-state index in [1.807, 2.05) is 36.3 Å². The van der Waals surface area contributed by atoms with Gasteiger partial charge in [0.05, 0.1) is 0 Å². The van der Waals surface area contributed by atoms with Gasteiger partial charge in [0.15, 0.2) is 5.75 Å². The first-order valence-corrected chi connectivity index (χ1v) is 3.52. The van der Waals surface area contributed by atoms with Crippen LogP contribution in [0.4, 0.5) is 0 Å². The van der Waals surface area contributed by atoms with Crippen LogP contribution in [0.1, 0.15) is 5.56 Å². The molecule has 3 heteroatoms. The summed E-state index contributed by atoms with van der Waals surface area (Å²) in [5, 5.41) is 0. The quantitative estimate of drug-likeness (QED) is 0.406. The average molecular weight is 146 g/mol. The summed E-state index contributed by atoms with van der Waals surface area (Å²) in [5.41, 5.74) is 1.06. The highest BCUT2D eigenvalue weighted by atomic mass is 17.2. The van der Waals surface area contributed by atoms with Crippen molar-refractivity contribution in [3.8, 4) is 5.75 Å². The summed E-state index contributed by atoms with van der Waals surface area (Å²) >= 11 is 0.